The van der Waals surface area contributed by atoms with E-state index >= 15 is 0 Å². The predicted molar refractivity (Wildman–Crippen MR) is 161 cm³/mol. The molecule has 15 nitrogen and oxygen atoms in total. The van der Waals surface area contributed by atoms with E-state index in [2.05, 4.69) is 21.3 Å². The number of nitrogens with one attached hydrogen (secondary N) is 4. The molecule has 15 heteroatoms. The van der Waals surface area contributed by atoms with Crippen molar-refractivity contribution in [1.82, 2.24) is 20.9 Å². The van der Waals surface area contributed by atoms with Crippen molar-refractivity contribution < 1.29 is 38.8 Å². The number of carbonyl (C=O) groups excluding carboxylic acids is 5. The first-order valence-corrected chi connectivity index (χ1v) is 14.4. The number of carboxylic acids is 1. The van der Waals surface area contributed by atoms with Gasteiger partial charge in [-0.1, -0.05) is 30.3 Å². The number of benzene rings is 2. The van der Waals surface area contributed by atoms with Crippen LogP contribution < -0.4 is 21.3 Å². The molecule has 1 aliphatic heterocycles. The highest BCUT2D eigenvalue weighted by Crippen LogP contribution is 2.20. The molecule has 5 N–H and O–H groups in total. The predicted octanol–water partition coefficient (Wildman–Crippen LogP) is 1.13. The van der Waals surface area contributed by atoms with Crippen LogP contribution in [0.4, 0.5) is 11.4 Å². The summed E-state index contributed by atoms with van der Waals surface area (Å²) in [6.07, 6.45) is 0.283. The summed E-state index contributed by atoms with van der Waals surface area (Å²) in [7, 11) is 0. The maximum Gasteiger partial charge on any atom is 0.303 e. The molecule has 0 bridgehead atoms. The van der Waals surface area contributed by atoms with Crippen LogP contribution in [0.25, 0.3) is 0 Å². The number of nitrogens with zero attached hydrogens (tertiary/aromatic N) is 2. The van der Waals surface area contributed by atoms with E-state index in [1.165, 1.54) is 43.0 Å². The van der Waals surface area contributed by atoms with E-state index in [0.717, 1.165) is 5.56 Å². The lowest BCUT2D eigenvalue weighted by Crippen LogP contribution is -2.56. The van der Waals surface area contributed by atoms with Crippen LogP contribution in [0.2, 0.25) is 0 Å². The molecule has 1 aliphatic rings. The van der Waals surface area contributed by atoms with Crippen LogP contribution in [-0.4, -0.2) is 81.1 Å². The van der Waals surface area contributed by atoms with Gasteiger partial charge in [0.2, 0.25) is 29.5 Å². The van der Waals surface area contributed by atoms with Crippen molar-refractivity contribution in [3.8, 4) is 0 Å². The molecule has 2 aromatic carbocycles. The van der Waals surface area contributed by atoms with Crippen molar-refractivity contribution >= 4 is 46.9 Å². The molecule has 5 amide bonds. The zero-order valence-corrected chi connectivity index (χ0v) is 24.9. The zero-order chi connectivity index (χ0) is 33.1. The quantitative estimate of drug-likeness (QED) is 0.150. The first kappa shape index (κ1) is 34.2. The minimum atomic E-state index is -1.15. The van der Waals surface area contributed by atoms with Crippen LogP contribution in [-0.2, 0) is 35.2 Å². The van der Waals surface area contributed by atoms with Gasteiger partial charge < -0.3 is 31.3 Å². The fraction of sp³-hybridized carbons (Fsp3) is 0.400. The largest absolute Gasteiger partial charge is 0.481 e. The molecule has 1 saturated heterocycles. The van der Waals surface area contributed by atoms with Gasteiger partial charge in [0.05, 0.1) is 11.3 Å². The average molecular weight is 625 g/mol. The Kier molecular flexibility index (Phi) is 12.1. The third-order valence-electron chi connectivity index (χ3n) is 7.17. The van der Waals surface area contributed by atoms with E-state index in [-0.39, 0.29) is 25.1 Å². The second-order valence-corrected chi connectivity index (χ2v) is 10.6. The number of non-ortho nitro benzene ring substituents is 1. The third-order valence-corrected chi connectivity index (χ3v) is 7.17. The SMILES string of the molecule is C[C@H](NC(=O)CCC(=O)O)C(=O)N[C@H](C)C(=O)N1CCCC1C(=O)N[C@@H](Cc1ccccc1)C(=O)Nc1ccc([N+](=O)[O-])cc1. The van der Waals surface area contributed by atoms with Crippen LogP contribution in [0.1, 0.15) is 45.1 Å². The molecule has 0 aliphatic carbocycles. The molecule has 1 unspecified atom stereocenters. The molecule has 1 fully saturated rings. The number of hydrogen-bond donors (Lipinski definition) is 5. The molecule has 3 rings (SSSR count). The average Bonchev–Trinajstić information content (AvgIpc) is 3.50. The summed E-state index contributed by atoms with van der Waals surface area (Å²) in [5.41, 5.74) is 0.919. The molecule has 45 heavy (non-hydrogen) atoms. The van der Waals surface area contributed by atoms with E-state index in [4.69, 9.17) is 5.11 Å². The second kappa shape index (κ2) is 15.9. The van der Waals surface area contributed by atoms with Gasteiger partial charge >= 0.3 is 5.97 Å². The summed E-state index contributed by atoms with van der Waals surface area (Å²) < 4.78 is 0. The lowest BCUT2D eigenvalue weighted by atomic mass is 10.0. The number of carbonyl (C=O) groups is 6. The summed E-state index contributed by atoms with van der Waals surface area (Å²) in [4.78, 5) is 86.9. The Morgan fingerprint density at radius 2 is 1.58 bits per heavy atom. The number of nitro benzene ring substituents is 1. The molecule has 1 heterocycles. The Labute approximate surface area is 258 Å². The van der Waals surface area contributed by atoms with Crippen LogP contribution in [0.15, 0.2) is 54.6 Å². The highest BCUT2D eigenvalue weighted by atomic mass is 16.6. The summed E-state index contributed by atoms with van der Waals surface area (Å²) in [5, 5.41) is 30.0. The minimum absolute atomic E-state index is 0.134. The van der Waals surface area contributed by atoms with E-state index in [0.29, 0.717) is 18.5 Å². The Balaban J connectivity index is 1.65. The lowest BCUT2D eigenvalue weighted by Gasteiger charge is -2.29. The van der Waals surface area contributed by atoms with Crippen molar-refractivity contribution in [1.29, 1.82) is 0 Å². The standard InChI is InChI=1S/C30H36N6O9/c1-18(31-25(37)14-15-26(38)39)27(40)32-19(2)30(43)35-16-6-9-24(35)29(42)34-23(17-20-7-4-3-5-8-20)28(41)33-21-10-12-22(13-11-21)36(44)45/h3-5,7-8,10-13,18-19,23-24H,6,9,14-17H2,1-2H3,(H,31,37)(H,32,40)(H,33,41)(H,34,42)(H,38,39)/t18-,19+,23-,24?/m0/s1. The first-order valence-electron chi connectivity index (χ1n) is 14.4. The topological polar surface area (TPSA) is 217 Å². The Morgan fingerprint density at radius 3 is 2.20 bits per heavy atom. The van der Waals surface area contributed by atoms with Crippen LogP contribution in [0, 0.1) is 10.1 Å². The van der Waals surface area contributed by atoms with Crippen LogP contribution in [0.3, 0.4) is 0 Å². The molecule has 0 aromatic heterocycles. The summed E-state index contributed by atoms with van der Waals surface area (Å²) in [6, 6.07) is 10.2. The van der Waals surface area contributed by atoms with E-state index in [1.54, 1.807) is 24.3 Å². The molecule has 0 radical (unpaired) electrons. The highest BCUT2D eigenvalue weighted by Gasteiger charge is 2.38. The van der Waals surface area contributed by atoms with Gasteiger partial charge in [-0.25, -0.2) is 0 Å². The Bertz CT molecular complexity index is 1420. The number of rotatable bonds is 14. The smallest absolute Gasteiger partial charge is 0.303 e. The van der Waals surface area contributed by atoms with Gasteiger partial charge in [0, 0.05) is 37.2 Å². The highest BCUT2D eigenvalue weighted by molar-refractivity contribution is 5.99. The fourth-order valence-corrected chi connectivity index (χ4v) is 4.77. The Morgan fingerprint density at radius 1 is 0.911 bits per heavy atom. The minimum Gasteiger partial charge on any atom is -0.481 e. The van der Waals surface area contributed by atoms with Gasteiger partial charge in [-0.05, 0) is 44.4 Å². The number of amides is 5. The molecular formula is C30H36N6O9. The van der Waals surface area contributed by atoms with Crippen molar-refractivity contribution in [2.75, 3.05) is 11.9 Å². The van der Waals surface area contributed by atoms with Gasteiger partial charge in [-0.15, -0.1) is 0 Å². The van der Waals surface area contributed by atoms with Crippen LogP contribution >= 0.6 is 0 Å². The number of anilines is 1. The number of likely N-dealkylation sites (tertiary alicyclic amines) is 1. The van der Waals surface area contributed by atoms with E-state index in [1.807, 2.05) is 6.07 Å². The number of nitro groups is 1. The summed E-state index contributed by atoms with van der Waals surface area (Å²) in [6.45, 7) is 3.09. The number of carboxylic acid groups (broad SMARTS) is 1. The molecule has 4 atom stereocenters. The van der Waals surface area contributed by atoms with Gasteiger partial charge in [-0.2, -0.15) is 0 Å². The maximum atomic E-state index is 13.5. The fourth-order valence-electron chi connectivity index (χ4n) is 4.77. The number of aliphatic carboxylic acids is 1. The monoisotopic (exact) mass is 624 g/mol. The van der Waals surface area contributed by atoms with Crippen molar-refractivity contribution in [2.45, 2.75) is 70.1 Å². The third kappa shape index (κ3) is 10.1. The summed E-state index contributed by atoms with van der Waals surface area (Å²) in [5.74, 6) is -4.08. The van der Waals surface area contributed by atoms with Crippen molar-refractivity contribution in [2.24, 2.45) is 0 Å². The van der Waals surface area contributed by atoms with Gasteiger partial charge in [-0.3, -0.25) is 38.9 Å². The van der Waals surface area contributed by atoms with Crippen molar-refractivity contribution in [3.05, 3.63) is 70.3 Å². The Hall–Kier alpha value is -5.34. The van der Waals surface area contributed by atoms with Gasteiger partial charge in [0.25, 0.3) is 5.69 Å². The van der Waals surface area contributed by atoms with Gasteiger partial charge in [0.15, 0.2) is 0 Å². The molecular weight excluding hydrogens is 588 g/mol. The van der Waals surface area contributed by atoms with Crippen molar-refractivity contribution in [3.63, 3.8) is 0 Å². The first-order chi connectivity index (χ1) is 21.3. The molecule has 2 aromatic rings. The van der Waals surface area contributed by atoms with E-state index in [9.17, 15) is 38.9 Å². The second-order valence-electron chi connectivity index (χ2n) is 10.6. The molecule has 0 saturated carbocycles. The molecule has 240 valence electrons. The lowest BCUT2D eigenvalue weighted by molar-refractivity contribution is -0.384. The normalized spacial score (nSPS) is 16.0. The van der Waals surface area contributed by atoms with Gasteiger partial charge in [0.1, 0.15) is 24.2 Å². The maximum absolute atomic E-state index is 13.5. The number of hydrogen-bond acceptors (Lipinski definition) is 8. The zero-order valence-electron chi connectivity index (χ0n) is 24.9. The van der Waals surface area contributed by atoms with E-state index < -0.39 is 71.0 Å². The van der Waals surface area contributed by atoms with Crippen LogP contribution in [0.5, 0.6) is 0 Å². The summed E-state index contributed by atoms with van der Waals surface area (Å²) >= 11 is 0. The molecule has 0 spiro atoms.